The zero-order chi connectivity index (χ0) is 13.7. The maximum atomic E-state index is 6.51. The summed E-state index contributed by atoms with van der Waals surface area (Å²) in [6.45, 7) is 5.21. The topological polar surface area (TPSA) is 35.2 Å². The van der Waals surface area contributed by atoms with Crippen molar-refractivity contribution in [3.63, 3.8) is 0 Å². The highest BCUT2D eigenvalue weighted by Gasteiger charge is 2.39. The Hall–Kier alpha value is -0.380. The number of thiophene rings is 1. The average Bonchev–Trinajstić information content (AvgIpc) is 2.92. The van der Waals surface area contributed by atoms with Crippen molar-refractivity contribution >= 4 is 11.3 Å². The van der Waals surface area contributed by atoms with Gasteiger partial charge in [-0.15, -0.1) is 11.3 Å². The number of hydrogen-bond donors (Lipinski definition) is 1. The van der Waals surface area contributed by atoms with Gasteiger partial charge in [0, 0.05) is 17.5 Å². The lowest BCUT2D eigenvalue weighted by atomic mass is 9.74. The van der Waals surface area contributed by atoms with Crippen LogP contribution in [0.4, 0.5) is 0 Å². The maximum Gasteiger partial charge on any atom is 0.0832 e. The summed E-state index contributed by atoms with van der Waals surface area (Å²) in [7, 11) is 0. The van der Waals surface area contributed by atoms with Gasteiger partial charge < -0.3 is 10.5 Å². The molecule has 1 unspecified atom stereocenters. The molecule has 1 aliphatic rings. The van der Waals surface area contributed by atoms with Gasteiger partial charge in [0.25, 0.3) is 0 Å². The summed E-state index contributed by atoms with van der Waals surface area (Å²) in [6.07, 6.45) is 6.90. The second-order valence-corrected chi connectivity index (χ2v) is 6.94. The summed E-state index contributed by atoms with van der Waals surface area (Å²) < 4.78 is 6.13. The minimum Gasteiger partial charge on any atom is -0.374 e. The summed E-state index contributed by atoms with van der Waals surface area (Å²) in [4.78, 5) is 1.44. The molecule has 108 valence electrons. The Bertz CT molecular complexity index is 355. The van der Waals surface area contributed by atoms with Crippen LogP contribution in [0.2, 0.25) is 0 Å². The SMILES string of the molecule is CCOC1(C(N)CCc2cccs2)CCC(C)CC1. The molecule has 2 rings (SSSR count). The fraction of sp³-hybridized carbons (Fsp3) is 0.750. The van der Waals surface area contributed by atoms with E-state index in [1.807, 2.05) is 11.3 Å². The molecule has 2 N–H and O–H groups in total. The van der Waals surface area contributed by atoms with Gasteiger partial charge in [0.15, 0.2) is 0 Å². The van der Waals surface area contributed by atoms with E-state index in [0.717, 1.165) is 38.2 Å². The van der Waals surface area contributed by atoms with Crippen LogP contribution < -0.4 is 5.73 Å². The summed E-state index contributed by atoms with van der Waals surface area (Å²) >= 11 is 1.83. The van der Waals surface area contributed by atoms with Crippen molar-refractivity contribution in [2.24, 2.45) is 11.7 Å². The van der Waals surface area contributed by atoms with Crippen LogP contribution in [0, 0.1) is 5.92 Å². The smallest absolute Gasteiger partial charge is 0.0832 e. The fourth-order valence-electron chi connectivity index (χ4n) is 3.18. The first-order valence-corrected chi connectivity index (χ1v) is 8.46. The van der Waals surface area contributed by atoms with E-state index in [4.69, 9.17) is 10.5 Å². The summed E-state index contributed by atoms with van der Waals surface area (Å²) in [5.74, 6) is 0.832. The van der Waals surface area contributed by atoms with Crippen LogP contribution >= 0.6 is 11.3 Å². The molecule has 0 spiro atoms. The van der Waals surface area contributed by atoms with Crippen molar-refractivity contribution in [1.82, 2.24) is 0 Å². The zero-order valence-electron chi connectivity index (χ0n) is 12.2. The summed E-state index contributed by atoms with van der Waals surface area (Å²) in [5, 5.41) is 2.14. The molecule has 19 heavy (non-hydrogen) atoms. The molecule has 0 radical (unpaired) electrons. The molecule has 0 amide bonds. The summed E-state index contributed by atoms with van der Waals surface area (Å²) in [5.41, 5.74) is 6.45. The van der Waals surface area contributed by atoms with Gasteiger partial charge in [-0.2, -0.15) is 0 Å². The van der Waals surface area contributed by atoms with Crippen molar-refractivity contribution in [3.8, 4) is 0 Å². The second-order valence-electron chi connectivity index (χ2n) is 5.90. The molecule has 3 heteroatoms. The minimum absolute atomic E-state index is 0.0570. The molecule has 1 fully saturated rings. The minimum atomic E-state index is -0.0570. The lowest BCUT2D eigenvalue weighted by Gasteiger charge is -2.43. The number of rotatable bonds is 6. The quantitative estimate of drug-likeness (QED) is 0.855. The largest absolute Gasteiger partial charge is 0.374 e. The van der Waals surface area contributed by atoms with E-state index in [-0.39, 0.29) is 11.6 Å². The maximum absolute atomic E-state index is 6.51. The Morgan fingerprint density at radius 2 is 2.21 bits per heavy atom. The molecular weight excluding hydrogens is 254 g/mol. The fourth-order valence-corrected chi connectivity index (χ4v) is 3.90. The number of nitrogens with two attached hydrogens (primary N) is 1. The van der Waals surface area contributed by atoms with E-state index in [1.54, 1.807) is 0 Å². The third-order valence-corrected chi connectivity index (χ3v) is 5.45. The predicted octanol–water partition coefficient (Wildman–Crippen LogP) is 3.99. The van der Waals surface area contributed by atoms with Crippen molar-refractivity contribution in [2.45, 2.75) is 64.0 Å². The van der Waals surface area contributed by atoms with Gasteiger partial charge in [-0.25, -0.2) is 0 Å². The average molecular weight is 281 g/mol. The molecular formula is C16H27NOS. The van der Waals surface area contributed by atoms with Crippen molar-refractivity contribution < 1.29 is 4.74 Å². The van der Waals surface area contributed by atoms with Crippen LogP contribution in [0.15, 0.2) is 17.5 Å². The van der Waals surface area contributed by atoms with Gasteiger partial charge in [0.05, 0.1) is 5.60 Å². The lowest BCUT2D eigenvalue weighted by molar-refractivity contribution is -0.0897. The molecule has 0 saturated heterocycles. The Kier molecular flexibility index (Phi) is 5.43. The van der Waals surface area contributed by atoms with Gasteiger partial charge >= 0.3 is 0 Å². The van der Waals surface area contributed by atoms with Crippen molar-refractivity contribution in [1.29, 1.82) is 0 Å². The first-order chi connectivity index (χ1) is 9.16. The molecule has 0 aromatic carbocycles. The monoisotopic (exact) mass is 281 g/mol. The standard InChI is InChI=1S/C16H27NOS/c1-3-18-16(10-8-13(2)9-11-16)15(17)7-6-14-5-4-12-19-14/h4-5,12-13,15H,3,6-11,17H2,1-2H3. The Morgan fingerprint density at radius 1 is 1.47 bits per heavy atom. The van der Waals surface area contributed by atoms with Crippen LogP contribution in [-0.2, 0) is 11.2 Å². The zero-order valence-corrected chi connectivity index (χ0v) is 13.0. The molecule has 1 aromatic heterocycles. The van der Waals surface area contributed by atoms with E-state index in [1.165, 1.54) is 17.7 Å². The van der Waals surface area contributed by atoms with Gasteiger partial charge in [0.1, 0.15) is 0 Å². The number of aryl methyl sites for hydroxylation is 1. The predicted molar refractivity (Wildman–Crippen MR) is 82.6 cm³/mol. The van der Waals surface area contributed by atoms with Crippen molar-refractivity contribution in [3.05, 3.63) is 22.4 Å². The van der Waals surface area contributed by atoms with Crippen LogP contribution in [0.1, 0.15) is 50.8 Å². The first-order valence-electron chi connectivity index (χ1n) is 7.58. The molecule has 0 aliphatic heterocycles. The first kappa shape index (κ1) is 15.0. The lowest BCUT2D eigenvalue weighted by Crippen LogP contribution is -2.52. The highest BCUT2D eigenvalue weighted by atomic mass is 32.1. The van der Waals surface area contributed by atoms with E-state index in [0.29, 0.717) is 0 Å². The normalized spacial score (nSPS) is 29.3. The van der Waals surface area contributed by atoms with Gasteiger partial charge in [-0.1, -0.05) is 13.0 Å². The van der Waals surface area contributed by atoms with E-state index < -0.39 is 0 Å². The van der Waals surface area contributed by atoms with Gasteiger partial charge in [-0.05, 0) is 62.8 Å². The molecule has 1 saturated carbocycles. The second kappa shape index (κ2) is 6.87. The Morgan fingerprint density at radius 3 is 2.79 bits per heavy atom. The van der Waals surface area contributed by atoms with E-state index >= 15 is 0 Å². The molecule has 1 aromatic rings. The molecule has 2 nitrogen and oxygen atoms in total. The van der Waals surface area contributed by atoms with Crippen molar-refractivity contribution in [2.75, 3.05) is 6.61 Å². The van der Waals surface area contributed by atoms with E-state index in [9.17, 15) is 0 Å². The molecule has 0 bridgehead atoms. The molecule has 1 aliphatic carbocycles. The number of hydrogen-bond acceptors (Lipinski definition) is 3. The third kappa shape index (κ3) is 3.80. The van der Waals surface area contributed by atoms with Crippen LogP contribution in [-0.4, -0.2) is 18.2 Å². The van der Waals surface area contributed by atoms with E-state index in [2.05, 4.69) is 31.4 Å². The van der Waals surface area contributed by atoms with Crippen LogP contribution in [0.5, 0.6) is 0 Å². The molecule has 1 atom stereocenters. The van der Waals surface area contributed by atoms with Gasteiger partial charge in [0.2, 0.25) is 0 Å². The van der Waals surface area contributed by atoms with Gasteiger partial charge in [-0.3, -0.25) is 0 Å². The Labute approximate surface area is 121 Å². The third-order valence-electron chi connectivity index (χ3n) is 4.51. The highest BCUT2D eigenvalue weighted by molar-refractivity contribution is 7.09. The van der Waals surface area contributed by atoms with Crippen LogP contribution in [0.25, 0.3) is 0 Å². The highest BCUT2D eigenvalue weighted by Crippen LogP contribution is 2.37. The molecule has 1 heterocycles. The number of ether oxygens (including phenoxy) is 1. The summed E-state index contributed by atoms with van der Waals surface area (Å²) in [6, 6.07) is 4.49. The Balaban J connectivity index is 1.93. The van der Waals surface area contributed by atoms with Crippen LogP contribution in [0.3, 0.4) is 0 Å².